The summed E-state index contributed by atoms with van der Waals surface area (Å²) in [7, 11) is 0. The average Bonchev–Trinajstić information content (AvgIpc) is 2.41. The van der Waals surface area contributed by atoms with Crippen LogP contribution in [0.1, 0.15) is 46.5 Å². The van der Waals surface area contributed by atoms with Crippen molar-refractivity contribution in [3.05, 3.63) is 0 Å². The van der Waals surface area contributed by atoms with Crippen LogP contribution in [0.5, 0.6) is 0 Å². The SMILES string of the molecule is CC(C)(C)OC(=O)NN(CCCCCC(=O)NCC#N)C(=O)[O-]. The van der Waals surface area contributed by atoms with Gasteiger partial charge in [0, 0.05) is 13.0 Å². The Morgan fingerprint density at radius 2 is 1.87 bits per heavy atom. The number of amides is 3. The molecule has 0 aromatic heterocycles. The van der Waals surface area contributed by atoms with Gasteiger partial charge in [0.1, 0.15) is 12.1 Å². The zero-order chi connectivity index (χ0) is 17.9. The Morgan fingerprint density at radius 1 is 1.22 bits per heavy atom. The quantitative estimate of drug-likeness (QED) is 0.391. The third-order valence-corrected chi connectivity index (χ3v) is 2.50. The van der Waals surface area contributed by atoms with Gasteiger partial charge in [-0.05, 0) is 33.6 Å². The highest BCUT2D eigenvalue weighted by molar-refractivity contribution is 5.76. The molecule has 0 unspecified atom stereocenters. The maximum atomic E-state index is 11.5. The first kappa shape index (κ1) is 20.5. The lowest BCUT2D eigenvalue weighted by atomic mass is 10.2. The molecule has 0 aromatic rings. The van der Waals surface area contributed by atoms with Gasteiger partial charge in [-0.25, -0.2) is 10.2 Å². The summed E-state index contributed by atoms with van der Waals surface area (Å²) in [6.07, 6.45) is -0.591. The van der Waals surface area contributed by atoms with E-state index in [1.807, 2.05) is 0 Å². The van der Waals surface area contributed by atoms with Gasteiger partial charge in [0.05, 0.1) is 6.07 Å². The minimum Gasteiger partial charge on any atom is -0.529 e. The molecule has 0 bridgehead atoms. The number of ether oxygens (including phenoxy) is 1. The van der Waals surface area contributed by atoms with E-state index < -0.39 is 17.8 Å². The number of carboxylic acid groups (broad SMARTS) is 1. The summed E-state index contributed by atoms with van der Waals surface area (Å²) < 4.78 is 4.95. The normalized spacial score (nSPS) is 10.3. The molecule has 0 aliphatic heterocycles. The number of nitrogens with zero attached hydrogens (tertiary/aromatic N) is 2. The van der Waals surface area contributed by atoms with Crippen LogP contribution in [0.15, 0.2) is 0 Å². The fraction of sp³-hybridized carbons (Fsp3) is 0.714. The zero-order valence-corrected chi connectivity index (χ0v) is 13.7. The van der Waals surface area contributed by atoms with E-state index in [9.17, 15) is 19.5 Å². The molecular formula is C14H23N4O5-. The third kappa shape index (κ3) is 11.8. The third-order valence-electron chi connectivity index (χ3n) is 2.50. The van der Waals surface area contributed by atoms with Crippen LogP contribution in [0.3, 0.4) is 0 Å². The van der Waals surface area contributed by atoms with E-state index in [-0.39, 0.29) is 25.4 Å². The van der Waals surface area contributed by atoms with Gasteiger partial charge in [0.25, 0.3) is 0 Å². The highest BCUT2D eigenvalue weighted by Gasteiger charge is 2.18. The van der Waals surface area contributed by atoms with Crippen molar-refractivity contribution in [3.8, 4) is 6.07 Å². The lowest BCUT2D eigenvalue weighted by molar-refractivity contribution is -0.268. The predicted molar refractivity (Wildman–Crippen MR) is 78.6 cm³/mol. The molecule has 9 heteroatoms. The maximum Gasteiger partial charge on any atom is 0.426 e. The Morgan fingerprint density at radius 3 is 2.39 bits per heavy atom. The van der Waals surface area contributed by atoms with E-state index >= 15 is 0 Å². The lowest BCUT2D eigenvalue weighted by Crippen LogP contribution is -2.53. The highest BCUT2D eigenvalue weighted by atomic mass is 16.6. The monoisotopic (exact) mass is 327 g/mol. The van der Waals surface area contributed by atoms with Gasteiger partial charge in [-0.15, -0.1) is 0 Å². The molecule has 0 saturated carbocycles. The molecule has 0 rings (SSSR count). The molecule has 0 spiro atoms. The van der Waals surface area contributed by atoms with Crippen LogP contribution < -0.4 is 15.8 Å². The largest absolute Gasteiger partial charge is 0.529 e. The van der Waals surface area contributed by atoms with Gasteiger partial charge in [-0.1, -0.05) is 6.42 Å². The van der Waals surface area contributed by atoms with Gasteiger partial charge in [0.2, 0.25) is 5.91 Å². The molecule has 3 amide bonds. The second-order valence-corrected chi connectivity index (χ2v) is 5.78. The van der Waals surface area contributed by atoms with Crippen molar-refractivity contribution in [1.82, 2.24) is 15.8 Å². The van der Waals surface area contributed by atoms with Crippen molar-refractivity contribution in [3.63, 3.8) is 0 Å². The molecule has 0 radical (unpaired) electrons. The first-order valence-corrected chi connectivity index (χ1v) is 7.27. The number of carbonyl (C=O) groups excluding carboxylic acids is 3. The van der Waals surface area contributed by atoms with E-state index in [0.717, 1.165) is 0 Å². The van der Waals surface area contributed by atoms with Crippen molar-refractivity contribution in [2.45, 2.75) is 52.1 Å². The van der Waals surface area contributed by atoms with Crippen LogP contribution in [-0.4, -0.2) is 41.8 Å². The molecular weight excluding hydrogens is 304 g/mol. The smallest absolute Gasteiger partial charge is 0.426 e. The van der Waals surface area contributed by atoms with Crippen LogP contribution >= 0.6 is 0 Å². The standard InChI is InChI=1S/C14H24N4O5/c1-14(2,3)23-12(20)17-18(13(21)22)10-6-4-5-7-11(19)16-9-8-15/h4-7,9-10H2,1-3H3,(H,16,19)(H,17,20)(H,21,22)/p-1. The van der Waals surface area contributed by atoms with Gasteiger partial charge >= 0.3 is 6.09 Å². The molecule has 0 saturated heterocycles. The Labute approximate surface area is 135 Å². The Kier molecular flexibility index (Phi) is 9.15. The number of unbranched alkanes of at least 4 members (excludes halogenated alkanes) is 2. The van der Waals surface area contributed by atoms with Crippen LogP contribution in [0.25, 0.3) is 0 Å². The van der Waals surface area contributed by atoms with E-state index in [1.54, 1.807) is 26.8 Å². The molecule has 9 nitrogen and oxygen atoms in total. The summed E-state index contributed by atoms with van der Waals surface area (Å²) in [4.78, 5) is 33.7. The molecule has 130 valence electrons. The van der Waals surface area contributed by atoms with Crippen LogP contribution in [0, 0.1) is 11.3 Å². The fourth-order valence-electron chi connectivity index (χ4n) is 1.56. The first-order chi connectivity index (χ1) is 10.7. The Balaban J connectivity index is 4.03. The number of nitrogens with one attached hydrogen (secondary N) is 2. The van der Waals surface area contributed by atoms with Crippen LogP contribution in [0.4, 0.5) is 9.59 Å². The number of hydrogen-bond acceptors (Lipinski definition) is 6. The van der Waals surface area contributed by atoms with Crippen LogP contribution in [-0.2, 0) is 9.53 Å². The molecule has 2 N–H and O–H groups in total. The average molecular weight is 327 g/mol. The van der Waals surface area contributed by atoms with Gasteiger partial charge in [-0.2, -0.15) is 5.26 Å². The molecule has 0 aliphatic carbocycles. The molecule has 0 fully saturated rings. The number of hydrazine groups is 1. The number of hydrogen-bond donors (Lipinski definition) is 2. The minimum absolute atomic E-state index is 0.0292. The van der Waals surface area contributed by atoms with E-state index in [0.29, 0.717) is 24.3 Å². The van der Waals surface area contributed by atoms with Crippen molar-refractivity contribution in [2.75, 3.05) is 13.1 Å². The molecule has 0 heterocycles. The van der Waals surface area contributed by atoms with Crippen molar-refractivity contribution in [1.29, 1.82) is 5.26 Å². The molecule has 0 atom stereocenters. The summed E-state index contributed by atoms with van der Waals surface area (Å²) in [5.41, 5.74) is 1.36. The van der Waals surface area contributed by atoms with Gasteiger partial charge in [0.15, 0.2) is 6.09 Å². The van der Waals surface area contributed by atoms with Gasteiger partial charge in [-0.3, -0.25) is 9.80 Å². The molecule has 0 aliphatic rings. The summed E-state index contributed by atoms with van der Waals surface area (Å²) >= 11 is 0. The van der Waals surface area contributed by atoms with Gasteiger partial charge < -0.3 is 20.0 Å². The number of carbonyl (C=O) groups is 3. The summed E-state index contributed by atoms with van der Waals surface area (Å²) in [6, 6.07) is 1.80. The fourth-order valence-corrected chi connectivity index (χ4v) is 1.56. The summed E-state index contributed by atoms with van der Waals surface area (Å²) in [5, 5.41) is 22.3. The highest BCUT2D eigenvalue weighted by Crippen LogP contribution is 2.07. The summed E-state index contributed by atoms with van der Waals surface area (Å²) in [6.45, 7) is 4.98. The maximum absolute atomic E-state index is 11.5. The molecule has 23 heavy (non-hydrogen) atoms. The van der Waals surface area contributed by atoms with Crippen molar-refractivity contribution in [2.24, 2.45) is 0 Å². The Bertz CT molecular complexity index is 453. The minimum atomic E-state index is -1.54. The lowest BCUT2D eigenvalue weighted by Gasteiger charge is -2.27. The number of nitriles is 1. The first-order valence-electron chi connectivity index (χ1n) is 7.27. The van der Waals surface area contributed by atoms with Crippen LogP contribution in [0.2, 0.25) is 0 Å². The Hall–Kier alpha value is -2.50. The number of rotatable bonds is 7. The van der Waals surface area contributed by atoms with Crippen molar-refractivity contribution < 1.29 is 24.2 Å². The molecule has 0 aromatic carbocycles. The van der Waals surface area contributed by atoms with E-state index in [4.69, 9.17) is 10.00 Å². The summed E-state index contributed by atoms with van der Waals surface area (Å²) in [5.74, 6) is -0.227. The van der Waals surface area contributed by atoms with E-state index in [2.05, 4.69) is 10.7 Å². The second-order valence-electron chi connectivity index (χ2n) is 5.78. The topological polar surface area (TPSA) is 135 Å². The van der Waals surface area contributed by atoms with Crippen molar-refractivity contribution >= 4 is 18.1 Å². The zero-order valence-electron chi connectivity index (χ0n) is 13.7. The predicted octanol–water partition coefficient (Wildman–Crippen LogP) is 0.272. The second kappa shape index (κ2) is 10.3. The van der Waals surface area contributed by atoms with E-state index in [1.165, 1.54) is 0 Å².